The first kappa shape index (κ1) is 11.0. The first-order valence-electron chi connectivity index (χ1n) is 5.42. The van der Waals surface area contributed by atoms with Gasteiger partial charge in [-0.1, -0.05) is 6.07 Å². The van der Waals surface area contributed by atoms with E-state index in [1.54, 1.807) is 6.92 Å². The number of H-pyrrole nitrogens is 1. The van der Waals surface area contributed by atoms with Gasteiger partial charge in [-0.3, -0.25) is 0 Å². The van der Waals surface area contributed by atoms with Crippen LogP contribution in [0.25, 0.3) is 11.0 Å². The molecule has 1 atom stereocenters. The fraction of sp³-hybridized carbons (Fsp3) is 0.417. The summed E-state index contributed by atoms with van der Waals surface area (Å²) >= 11 is 0. The molecule has 86 valence electrons. The number of nitrogens with zero attached hydrogens (tertiary/aromatic N) is 2. The quantitative estimate of drug-likeness (QED) is 0.826. The second-order valence-corrected chi connectivity index (χ2v) is 4.31. The van der Waals surface area contributed by atoms with Crippen LogP contribution in [0.2, 0.25) is 0 Å². The number of aliphatic hydroxyl groups excluding tert-OH is 1. The molecule has 1 aromatic heterocycles. The van der Waals surface area contributed by atoms with Gasteiger partial charge in [0.15, 0.2) is 0 Å². The number of likely N-dealkylation sites (N-methyl/N-ethyl adjacent to an activating group) is 1. The molecule has 2 aromatic rings. The molecule has 0 fully saturated rings. The fourth-order valence-electron chi connectivity index (χ4n) is 1.77. The number of rotatable bonds is 3. The van der Waals surface area contributed by atoms with Gasteiger partial charge in [0.05, 0.1) is 17.1 Å². The Balaban J connectivity index is 2.32. The predicted octanol–water partition coefficient (Wildman–Crippen LogP) is 1.69. The van der Waals surface area contributed by atoms with Crippen molar-refractivity contribution in [1.82, 2.24) is 9.97 Å². The smallest absolute Gasteiger partial charge is 0.203 e. The number of nitrogens with one attached hydrogen (secondary N) is 1. The minimum absolute atomic E-state index is 0.361. The molecule has 4 nitrogen and oxygen atoms in total. The molecular formula is C12H17N3O. The zero-order valence-corrected chi connectivity index (χ0v) is 9.86. The largest absolute Gasteiger partial charge is 0.392 e. The molecule has 1 aromatic carbocycles. The van der Waals surface area contributed by atoms with E-state index in [1.807, 2.05) is 24.1 Å². The number of aryl methyl sites for hydroxylation is 1. The Hall–Kier alpha value is -1.55. The van der Waals surface area contributed by atoms with Crippen LogP contribution in [0.15, 0.2) is 18.2 Å². The van der Waals surface area contributed by atoms with Crippen molar-refractivity contribution < 1.29 is 5.11 Å². The van der Waals surface area contributed by atoms with E-state index < -0.39 is 0 Å². The molecule has 0 spiro atoms. The van der Waals surface area contributed by atoms with Gasteiger partial charge in [0, 0.05) is 13.6 Å². The maximum absolute atomic E-state index is 9.32. The third-order valence-electron chi connectivity index (χ3n) is 2.52. The van der Waals surface area contributed by atoms with Crippen molar-refractivity contribution in [2.45, 2.75) is 20.0 Å². The van der Waals surface area contributed by atoms with Crippen molar-refractivity contribution in [3.8, 4) is 0 Å². The van der Waals surface area contributed by atoms with Crippen LogP contribution in [-0.4, -0.2) is 34.8 Å². The van der Waals surface area contributed by atoms with E-state index in [0.29, 0.717) is 6.54 Å². The van der Waals surface area contributed by atoms with Crippen molar-refractivity contribution >= 4 is 17.0 Å². The number of anilines is 1. The lowest BCUT2D eigenvalue weighted by Crippen LogP contribution is -2.27. The second kappa shape index (κ2) is 4.14. The lowest BCUT2D eigenvalue weighted by atomic mass is 10.2. The van der Waals surface area contributed by atoms with Gasteiger partial charge in [-0.15, -0.1) is 0 Å². The molecule has 1 unspecified atom stereocenters. The Morgan fingerprint density at radius 2 is 2.25 bits per heavy atom. The summed E-state index contributed by atoms with van der Waals surface area (Å²) in [6.45, 7) is 4.39. The van der Waals surface area contributed by atoms with Crippen LogP contribution >= 0.6 is 0 Å². The lowest BCUT2D eigenvalue weighted by Gasteiger charge is -2.17. The van der Waals surface area contributed by atoms with E-state index in [2.05, 4.69) is 23.0 Å². The van der Waals surface area contributed by atoms with Crippen molar-refractivity contribution in [2.24, 2.45) is 0 Å². The maximum atomic E-state index is 9.32. The lowest BCUT2D eigenvalue weighted by molar-refractivity contribution is 0.201. The first-order chi connectivity index (χ1) is 7.56. The number of imidazole rings is 1. The van der Waals surface area contributed by atoms with Crippen LogP contribution in [0.4, 0.5) is 5.95 Å². The molecule has 0 aliphatic carbocycles. The summed E-state index contributed by atoms with van der Waals surface area (Å²) < 4.78 is 0. The molecule has 0 aliphatic heterocycles. The Labute approximate surface area is 94.9 Å². The topological polar surface area (TPSA) is 52.1 Å². The van der Waals surface area contributed by atoms with Crippen LogP contribution < -0.4 is 4.90 Å². The van der Waals surface area contributed by atoms with E-state index >= 15 is 0 Å². The molecular weight excluding hydrogens is 202 g/mol. The third-order valence-corrected chi connectivity index (χ3v) is 2.52. The average molecular weight is 219 g/mol. The monoisotopic (exact) mass is 219 g/mol. The van der Waals surface area contributed by atoms with E-state index in [1.165, 1.54) is 5.56 Å². The molecule has 4 heteroatoms. The normalized spacial score (nSPS) is 13.0. The summed E-state index contributed by atoms with van der Waals surface area (Å²) in [7, 11) is 1.91. The number of benzene rings is 1. The van der Waals surface area contributed by atoms with Gasteiger partial charge in [-0.25, -0.2) is 4.98 Å². The average Bonchev–Trinajstić information content (AvgIpc) is 2.59. The van der Waals surface area contributed by atoms with Gasteiger partial charge >= 0.3 is 0 Å². The first-order valence-corrected chi connectivity index (χ1v) is 5.42. The molecule has 1 heterocycles. The van der Waals surface area contributed by atoms with Crippen LogP contribution in [0.5, 0.6) is 0 Å². The molecule has 0 bridgehead atoms. The SMILES string of the molecule is Cc1ccc2nc(N(C)CC(C)O)[nH]c2c1. The Morgan fingerprint density at radius 1 is 1.50 bits per heavy atom. The van der Waals surface area contributed by atoms with Crippen molar-refractivity contribution in [1.29, 1.82) is 0 Å². The minimum Gasteiger partial charge on any atom is -0.392 e. The van der Waals surface area contributed by atoms with Crippen LogP contribution in [0.1, 0.15) is 12.5 Å². The number of fused-ring (bicyclic) bond motifs is 1. The van der Waals surface area contributed by atoms with E-state index in [9.17, 15) is 5.11 Å². The van der Waals surface area contributed by atoms with E-state index in [-0.39, 0.29) is 6.10 Å². The summed E-state index contributed by atoms with van der Waals surface area (Å²) in [5.74, 6) is 0.793. The van der Waals surface area contributed by atoms with Gasteiger partial charge in [0.1, 0.15) is 0 Å². The van der Waals surface area contributed by atoms with Crippen LogP contribution in [0.3, 0.4) is 0 Å². The van der Waals surface area contributed by atoms with Crippen LogP contribution in [-0.2, 0) is 0 Å². The number of hydrogen-bond donors (Lipinski definition) is 2. The molecule has 0 aliphatic rings. The zero-order chi connectivity index (χ0) is 11.7. The Bertz CT molecular complexity index is 490. The van der Waals surface area contributed by atoms with E-state index in [4.69, 9.17) is 0 Å². The highest BCUT2D eigenvalue weighted by atomic mass is 16.3. The van der Waals surface area contributed by atoms with Crippen molar-refractivity contribution in [3.05, 3.63) is 23.8 Å². The molecule has 0 radical (unpaired) electrons. The molecule has 0 saturated heterocycles. The summed E-state index contributed by atoms with van der Waals surface area (Å²) in [5.41, 5.74) is 3.20. The summed E-state index contributed by atoms with van der Waals surface area (Å²) in [6.07, 6.45) is -0.361. The molecule has 0 amide bonds. The summed E-state index contributed by atoms with van der Waals surface area (Å²) in [4.78, 5) is 9.63. The maximum Gasteiger partial charge on any atom is 0.203 e. The number of hydrogen-bond acceptors (Lipinski definition) is 3. The third kappa shape index (κ3) is 2.17. The number of aromatic nitrogens is 2. The van der Waals surface area contributed by atoms with Gasteiger partial charge in [-0.05, 0) is 31.5 Å². The van der Waals surface area contributed by atoms with E-state index in [0.717, 1.165) is 17.0 Å². The summed E-state index contributed by atoms with van der Waals surface area (Å²) in [6, 6.07) is 6.12. The zero-order valence-electron chi connectivity index (χ0n) is 9.86. The van der Waals surface area contributed by atoms with Gasteiger partial charge < -0.3 is 15.0 Å². The molecule has 0 saturated carbocycles. The Morgan fingerprint density at radius 3 is 2.94 bits per heavy atom. The minimum atomic E-state index is -0.361. The number of aliphatic hydroxyl groups is 1. The van der Waals surface area contributed by atoms with Crippen LogP contribution in [0, 0.1) is 6.92 Å². The van der Waals surface area contributed by atoms with Gasteiger partial charge in [-0.2, -0.15) is 0 Å². The van der Waals surface area contributed by atoms with Gasteiger partial charge in [0.25, 0.3) is 0 Å². The standard InChI is InChI=1S/C12H17N3O/c1-8-4-5-10-11(6-8)14-12(13-10)15(3)7-9(2)16/h4-6,9,16H,7H2,1-3H3,(H,13,14). The summed E-state index contributed by atoms with van der Waals surface area (Å²) in [5, 5.41) is 9.32. The molecule has 2 rings (SSSR count). The van der Waals surface area contributed by atoms with Gasteiger partial charge in [0.2, 0.25) is 5.95 Å². The number of aromatic amines is 1. The fourth-order valence-corrected chi connectivity index (χ4v) is 1.77. The molecule has 2 N–H and O–H groups in total. The highest BCUT2D eigenvalue weighted by molar-refractivity contribution is 5.78. The highest BCUT2D eigenvalue weighted by Gasteiger charge is 2.09. The second-order valence-electron chi connectivity index (χ2n) is 4.31. The highest BCUT2D eigenvalue weighted by Crippen LogP contribution is 2.17. The van der Waals surface area contributed by atoms with Crippen molar-refractivity contribution in [2.75, 3.05) is 18.5 Å². The molecule has 16 heavy (non-hydrogen) atoms. The Kier molecular flexibility index (Phi) is 2.83. The predicted molar refractivity (Wildman–Crippen MR) is 65.8 cm³/mol. The van der Waals surface area contributed by atoms with Crippen molar-refractivity contribution in [3.63, 3.8) is 0 Å².